The summed E-state index contributed by atoms with van der Waals surface area (Å²) in [4.78, 5) is 19.3. The first-order chi connectivity index (χ1) is 16.3. The SMILES string of the molecule is O=C(c1ccc(CSc2nnc(-c3ccccc3)c(-c3ccccc3)n2)cc1)N1CCCC1. The van der Waals surface area contributed by atoms with E-state index in [4.69, 9.17) is 4.98 Å². The highest BCUT2D eigenvalue weighted by Crippen LogP contribution is 2.30. The highest BCUT2D eigenvalue weighted by molar-refractivity contribution is 7.98. The molecular weight excluding hydrogens is 428 g/mol. The second-order valence-electron chi connectivity index (χ2n) is 8.01. The van der Waals surface area contributed by atoms with E-state index in [1.807, 2.05) is 89.8 Å². The molecular formula is C27H24N4OS. The largest absolute Gasteiger partial charge is 0.339 e. The van der Waals surface area contributed by atoms with Gasteiger partial charge in [0.15, 0.2) is 0 Å². The highest BCUT2D eigenvalue weighted by Gasteiger charge is 2.19. The van der Waals surface area contributed by atoms with E-state index in [2.05, 4.69) is 10.2 Å². The summed E-state index contributed by atoms with van der Waals surface area (Å²) in [5.74, 6) is 0.835. The fourth-order valence-corrected chi connectivity index (χ4v) is 4.70. The molecule has 164 valence electrons. The summed E-state index contributed by atoms with van der Waals surface area (Å²) >= 11 is 1.55. The first kappa shape index (κ1) is 21.3. The number of aromatic nitrogens is 3. The molecule has 33 heavy (non-hydrogen) atoms. The van der Waals surface area contributed by atoms with Crippen molar-refractivity contribution in [3.63, 3.8) is 0 Å². The molecule has 5 rings (SSSR count). The van der Waals surface area contributed by atoms with Crippen molar-refractivity contribution in [2.75, 3.05) is 13.1 Å². The molecule has 1 aromatic heterocycles. The van der Waals surface area contributed by atoms with Crippen LogP contribution < -0.4 is 0 Å². The highest BCUT2D eigenvalue weighted by atomic mass is 32.2. The summed E-state index contributed by atoms with van der Waals surface area (Å²) in [6.45, 7) is 1.73. The smallest absolute Gasteiger partial charge is 0.253 e. The maximum Gasteiger partial charge on any atom is 0.253 e. The minimum absolute atomic E-state index is 0.128. The van der Waals surface area contributed by atoms with Gasteiger partial charge in [-0.15, -0.1) is 10.2 Å². The molecule has 1 aliphatic heterocycles. The lowest BCUT2D eigenvalue weighted by Crippen LogP contribution is -2.27. The van der Waals surface area contributed by atoms with Gasteiger partial charge < -0.3 is 4.90 Å². The topological polar surface area (TPSA) is 59.0 Å². The Morgan fingerprint density at radius 3 is 2.00 bits per heavy atom. The molecule has 4 aromatic rings. The fraction of sp³-hybridized carbons (Fsp3) is 0.185. The van der Waals surface area contributed by atoms with Crippen molar-refractivity contribution < 1.29 is 4.79 Å². The molecule has 0 bridgehead atoms. The van der Waals surface area contributed by atoms with Crippen molar-refractivity contribution in [2.45, 2.75) is 23.8 Å². The first-order valence-corrected chi connectivity index (χ1v) is 12.1. The van der Waals surface area contributed by atoms with Crippen LogP contribution in [0.2, 0.25) is 0 Å². The average Bonchev–Trinajstić information content (AvgIpc) is 3.43. The van der Waals surface area contributed by atoms with E-state index >= 15 is 0 Å². The third-order valence-corrected chi connectivity index (χ3v) is 6.63. The van der Waals surface area contributed by atoms with Gasteiger partial charge in [-0.05, 0) is 30.5 Å². The van der Waals surface area contributed by atoms with Gasteiger partial charge in [-0.25, -0.2) is 4.98 Å². The van der Waals surface area contributed by atoms with E-state index in [1.165, 1.54) is 0 Å². The lowest BCUT2D eigenvalue weighted by atomic mass is 10.0. The minimum atomic E-state index is 0.128. The van der Waals surface area contributed by atoms with Crippen LogP contribution in [0.5, 0.6) is 0 Å². The number of rotatable bonds is 6. The summed E-state index contributed by atoms with van der Waals surface area (Å²) < 4.78 is 0. The van der Waals surface area contributed by atoms with Crippen molar-refractivity contribution in [1.82, 2.24) is 20.1 Å². The van der Waals surface area contributed by atoms with Crippen LogP contribution in [0.3, 0.4) is 0 Å². The summed E-state index contributed by atoms with van der Waals surface area (Å²) in [6, 6.07) is 28.0. The Morgan fingerprint density at radius 2 is 1.36 bits per heavy atom. The predicted octanol–water partition coefficient (Wildman–Crippen LogP) is 5.73. The number of amides is 1. The van der Waals surface area contributed by atoms with Gasteiger partial charge in [0.05, 0.1) is 0 Å². The van der Waals surface area contributed by atoms with Crippen molar-refractivity contribution in [3.8, 4) is 22.5 Å². The monoisotopic (exact) mass is 452 g/mol. The number of likely N-dealkylation sites (tertiary alicyclic amines) is 1. The number of hydrogen-bond donors (Lipinski definition) is 0. The van der Waals surface area contributed by atoms with Crippen molar-refractivity contribution in [1.29, 1.82) is 0 Å². The molecule has 0 spiro atoms. The summed E-state index contributed by atoms with van der Waals surface area (Å²) in [7, 11) is 0. The number of carbonyl (C=O) groups is 1. The molecule has 3 aromatic carbocycles. The lowest BCUT2D eigenvalue weighted by Gasteiger charge is -2.15. The molecule has 2 heterocycles. The van der Waals surface area contributed by atoms with Gasteiger partial charge in [0.1, 0.15) is 11.4 Å². The lowest BCUT2D eigenvalue weighted by molar-refractivity contribution is 0.0793. The van der Waals surface area contributed by atoms with E-state index in [0.29, 0.717) is 10.9 Å². The predicted molar refractivity (Wildman–Crippen MR) is 132 cm³/mol. The summed E-state index contributed by atoms with van der Waals surface area (Å²) in [6.07, 6.45) is 2.20. The maximum atomic E-state index is 12.6. The van der Waals surface area contributed by atoms with Crippen LogP contribution in [0.25, 0.3) is 22.5 Å². The molecule has 0 saturated carbocycles. The number of thioether (sulfide) groups is 1. The second kappa shape index (κ2) is 9.96. The van der Waals surface area contributed by atoms with E-state index < -0.39 is 0 Å². The Labute approximate surface area is 197 Å². The molecule has 0 atom stereocenters. The molecule has 6 heteroatoms. The Morgan fingerprint density at radius 1 is 0.758 bits per heavy atom. The first-order valence-electron chi connectivity index (χ1n) is 11.1. The van der Waals surface area contributed by atoms with E-state index in [-0.39, 0.29) is 5.91 Å². The Kier molecular flexibility index (Phi) is 6.44. The standard InChI is InChI=1S/C27H24N4OS/c32-26(31-17-7-8-18-31)23-15-13-20(14-16-23)19-33-27-28-24(21-9-3-1-4-10-21)25(29-30-27)22-11-5-2-6-12-22/h1-6,9-16H,7-8,17-19H2. The van der Waals surface area contributed by atoms with Crippen LogP contribution in [0.1, 0.15) is 28.8 Å². The number of hydrogen-bond acceptors (Lipinski definition) is 5. The molecule has 0 N–H and O–H groups in total. The number of benzene rings is 3. The van der Waals surface area contributed by atoms with Crippen LogP contribution in [0.15, 0.2) is 90.1 Å². The molecule has 0 radical (unpaired) electrons. The van der Waals surface area contributed by atoms with Crippen LogP contribution >= 0.6 is 11.8 Å². The van der Waals surface area contributed by atoms with Gasteiger partial charge in [-0.2, -0.15) is 0 Å². The molecule has 5 nitrogen and oxygen atoms in total. The molecule has 0 unspecified atom stereocenters. The van der Waals surface area contributed by atoms with E-state index in [9.17, 15) is 4.79 Å². The van der Waals surface area contributed by atoms with E-state index in [0.717, 1.165) is 59.6 Å². The zero-order chi connectivity index (χ0) is 22.5. The Bertz CT molecular complexity index is 1220. The normalized spacial score (nSPS) is 13.3. The summed E-state index contributed by atoms with van der Waals surface area (Å²) in [5.41, 5.74) is 5.47. The molecule has 1 fully saturated rings. The summed E-state index contributed by atoms with van der Waals surface area (Å²) in [5, 5.41) is 9.56. The van der Waals surface area contributed by atoms with Crippen LogP contribution in [-0.2, 0) is 5.75 Å². The molecule has 0 aliphatic carbocycles. The maximum absolute atomic E-state index is 12.6. The minimum Gasteiger partial charge on any atom is -0.339 e. The number of carbonyl (C=O) groups excluding carboxylic acids is 1. The van der Waals surface area contributed by atoms with E-state index in [1.54, 1.807) is 11.8 Å². The number of nitrogens with zero attached hydrogens (tertiary/aromatic N) is 4. The van der Waals surface area contributed by atoms with Gasteiger partial charge in [0, 0.05) is 35.5 Å². The van der Waals surface area contributed by atoms with Gasteiger partial charge in [0.25, 0.3) is 5.91 Å². The molecule has 1 amide bonds. The van der Waals surface area contributed by atoms with Crippen molar-refractivity contribution >= 4 is 17.7 Å². The quantitative estimate of drug-likeness (QED) is 0.350. The third-order valence-electron chi connectivity index (χ3n) is 5.72. The van der Waals surface area contributed by atoms with Gasteiger partial charge >= 0.3 is 0 Å². The molecule has 1 saturated heterocycles. The van der Waals surface area contributed by atoms with Crippen LogP contribution in [-0.4, -0.2) is 39.1 Å². The van der Waals surface area contributed by atoms with Gasteiger partial charge in [-0.1, -0.05) is 84.6 Å². The Balaban J connectivity index is 1.34. The fourth-order valence-electron chi connectivity index (χ4n) is 3.95. The molecule has 1 aliphatic rings. The van der Waals surface area contributed by atoms with Crippen LogP contribution in [0.4, 0.5) is 0 Å². The third kappa shape index (κ3) is 4.96. The Hall–Kier alpha value is -3.51. The zero-order valence-corrected chi connectivity index (χ0v) is 19.0. The van der Waals surface area contributed by atoms with Crippen molar-refractivity contribution in [2.24, 2.45) is 0 Å². The van der Waals surface area contributed by atoms with Gasteiger partial charge in [0.2, 0.25) is 5.16 Å². The second-order valence-corrected chi connectivity index (χ2v) is 8.95. The van der Waals surface area contributed by atoms with Crippen LogP contribution in [0, 0.1) is 0 Å². The van der Waals surface area contributed by atoms with Crippen molar-refractivity contribution in [3.05, 3.63) is 96.1 Å². The average molecular weight is 453 g/mol. The van der Waals surface area contributed by atoms with Gasteiger partial charge in [-0.3, -0.25) is 4.79 Å². The zero-order valence-electron chi connectivity index (χ0n) is 18.2.